The fraction of sp³-hybridized carbons (Fsp3) is 0.750. The lowest BCUT2D eigenvalue weighted by atomic mass is 10.0. The van der Waals surface area contributed by atoms with Gasteiger partial charge in [-0.15, -0.1) is 0 Å². The van der Waals surface area contributed by atoms with Crippen LogP contribution in [0.25, 0.3) is 0 Å². The van der Waals surface area contributed by atoms with Crippen molar-refractivity contribution in [1.82, 2.24) is 10.6 Å². The van der Waals surface area contributed by atoms with E-state index in [4.69, 9.17) is 5.11 Å². The highest BCUT2D eigenvalue weighted by Gasteiger charge is 2.13. The smallest absolute Gasteiger partial charge is 0.329 e. The Kier molecular flexibility index (Phi) is 8.52. The van der Waals surface area contributed by atoms with E-state index in [1.54, 1.807) is 0 Å². The van der Waals surface area contributed by atoms with Gasteiger partial charge in [-0.3, -0.25) is 10.1 Å². The second kappa shape index (κ2) is 9.32. The van der Waals surface area contributed by atoms with Crippen molar-refractivity contribution in [2.75, 3.05) is 13.2 Å². The molecular weight excluding hydrogens is 252 g/mol. The van der Waals surface area contributed by atoms with Crippen LogP contribution < -0.4 is 10.6 Å². The molecule has 0 spiro atoms. The van der Waals surface area contributed by atoms with Gasteiger partial charge in [-0.1, -0.05) is 20.3 Å². The molecule has 2 atom stereocenters. The number of carbonyl (C=O) groups is 3. The van der Waals surface area contributed by atoms with E-state index in [9.17, 15) is 14.4 Å². The number of amides is 3. The van der Waals surface area contributed by atoms with Gasteiger partial charge < -0.3 is 15.2 Å². The summed E-state index contributed by atoms with van der Waals surface area (Å²) in [5.41, 5.74) is 0. The van der Waals surface area contributed by atoms with Crippen molar-refractivity contribution in [1.29, 1.82) is 0 Å². The molecule has 0 aliphatic rings. The van der Waals surface area contributed by atoms with Crippen LogP contribution in [0.5, 0.6) is 0 Å². The molecule has 0 aliphatic heterocycles. The monoisotopic (exact) mass is 274 g/mol. The Morgan fingerprint density at radius 3 is 2.37 bits per heavy atom. The van der Waals surface area contributed by atoms with Gasteiger partial charge in [0.1, 0.15) is 13.2 Å². The van der Waals surface area contributed by atoms with E-state index in [0.29, 0.717) is 5.92 Å². The van der Waals surface area contributed by atoms with Crippen molar-refractivity contribution in [2.24, 2.45) is 5.92 Å². The number of ether oxygens (including phenoxy) is 1. The summed E-state index contributed by atoms with van der Waals surface area (Å²) in [7, 11) is 0. The number of hydrogen-bond acceptors (Lipinski definition) is 4. The Hall–Kier alpha value is -1.63. The van der Waals surface area contributed by atoms with Crippen molar-refractivity contribution >= 4 is 17.9 Å². The highest BCUT2D eigenvalue weighted by molar-refractivity contribution is 5.95. The fourth-order valence-electron chi connectivity index (χ4n) is 1.48. The standard InChI is InChI=1S/C12H22N2O5/c1-4-8(2)5-9(3)13-12(18)14-10(15)6-19-7-11(16)17/h8-9H,4-7H2,1-3H3,(H,16,17)(H2,13,14,15,18). The summed E-state index contributed by atoms with van der Waals surface area (Å²) in [4.78, 5) is 32.8. The molecule has 0 aromatic rings. The number of hydrogen-bond donors (Lipinski definition) is 3. The molecule has 19 heavy (non-hydrogen) atoms. The maximum absolute atomic E-state index is 11.4. The molecule has 110 valence electrons. The van der Waals surface area contributed by atoms with Gasteiger partial charge in [0.15, 0.2) is 0 Å². The van der Waals surface area contributed by atoms with Gasteiger partial charge in [-0.05, 0) is 19.3 Å². The Morgan fingerprint density at radius 1 is 1.21 bits per heavy atom. The van der Waals surface area contributed by atoms with E-state index in [2.05, 4.69) is 29.2 Å². The molecule has 3 N–H and O–H groups in total. The lowest BCUT2D eigenvalue weighted by Gasteiger charge is -2.17. The first-order valence-electron chi connectivity index (χ1n) is 6.25. The summed E-state index contributed by atoms with van der Waals surface area (Å²) in [5, 5.41) is 13.0. The molecule has 2 unspecified atom stereocenters. The number of nitrogens with one attached hydrogen (secondary N) is 2. The number of carbonyl (C=O) groups excluding carboxylic acids is 2. The van der Waals surface area contributed by atoms with Crippen LogP contribution >= 0.6 is 0 Å². The number of carboxylic acids is 1. The Balaban J connectivity index is 3.84. The second-order valence-corrected chi connectivity index (χ2v) is 4.56. The van der Waals surface area contributed by atoms with Crippen LogP contribution in [0.15, 0.2) is 0 Å². The number of imide groups is 1. The normalized spacial score (nSPS) is 13.4. The number of rotatable bonds is 8. The SMILES string of the molecule is CCC(C)CC(C)NC(=O)NC(=O)COCC(=O)O. The molecule has 0 aromatic heterocycles. The van der Waals surface area contributed by atoms with Gasteiger partial charge in [0, 0.05) is 6.04 Å². The van der Waals surface area contributed by atoms with Crippen LogP contribution in [0, 0.1) is 5.92 Å². The van der Waals surface area contributed by atoms with Gasteiger partial charge in [-0.2, -0.15) is 0 Å². The average molecular weight is 274 g/mol. The predicted octanol–water partition coefficient (Wildman–Crippen LogP) is 0.738. The van der Waals surface area contributed by atoms with Crippen LogP contribution in [-0.4, -0.2) is 42.3 Å². The fourth-order valence-corrected chi connectivity index (χ4v) is 1.48. The Labute approximate surface area is 112 Å². The summed E-state index contributed by atoms with van der Waals surface area (Å²) in [6.07, 6.45) is 1.85. The molecule has 0 bridgehead atoms. The first-order valence-corrected chi connectivity index (χ1v) is 6.25. The van der Waals surface area contributed by atoms with Crippen LogP contribution in [-0.2, 0) is 14.3 Å². The number of carboxylic acid groups (broad SMARTS) is 1. The quantitative estimate of drug-likeness (QED) is 0.605. The number of aliphatic carboxylic acids is 1. The van der Waals surface area contributed by atoms with Crippen LogP contribution in [0.1, 0.15) is 33.6 Å². The lowest BCUT2D eigenvalue weighted by molar-refractivity contribution is -0.143. The predicted molar refractivity (Wildman–Crippen MR) is 68.7 cm³/mol. The van der Waals surface area contributed by atoms with Gasteiger partial charge in [-0.25, -0.2) is 9.59 Å². The molecule has 0 radical (unpaired) electrons. The average Bonchev–Trinajstić information content (AvgIpc) is 2.27. The molecule has 0 fully saturated rings. The summed E-state index contributed by atoms with van der Waals surface area (Å²) in [5.74, 6) is -1.35. The molecule has 0 heterocycles. The molecule has 0 aromatic carbocycles. The van der Waals surface area contributed by atoms with Crippen molar-refractivity contribution < 1.29 is 24.2 Å². The van der Waals surface area contributed by atoms with E-state index in [-0.39, 0.29) is 6.04 Å². The lowest BCUT2D eigenvalue weighted by Crippen LogP contribution is -2.45. The third kappa shape index (κ3) is 10.0. The largest absolute Gasteiger partial charge is 0.480 e. The van der Waals surface area contributed by atoms with E-state index in [1.807, 2.05) is 6.92 Å². The molecule has 0 rings (SSSR count). The van der Waals surface area contributed by atoms with Gasteiger partial charge in [0.25, 0.3) is 5.91 Å². The minimum absolute atomic E-state index is 0.0392. The van der Waals surface area contributed by atoms with E-state index in [0.717, 1.165) is 12.8 Å². The number of urea groups is 1. The summed E-state index contributed by atoms with van der Waals surface area (Å²) in [6.45, 7) is 4.98. The molecule has 7 nitrogen and oxygen atoms in total. The van der Waals surface area contributed by atoms with Crippen LogP contribution in [0.2, 0.25) is 0 Å². The van der Waals surface area contributed by atoms with E-state index in [1.165, 1.54) is 0 Å². The molecule has 0 aliphatic carbocycles. The van der Waals surface area contributed by atoms with E-state index < -0.39 is 31.1 Å². The molecule has 0 saturated heterocycles. The van der Waals surface area contributed by atoms with Crippen molar-refractivity contribution in [3.05, 3.63) is 0 Å². The highest BCUT2D eigenvalue weighted by Crippen LogP contribution is 2.08. The van der Waals surface area contributed by atoms with Gasteiger partial charge in [0.05, 0.1) is 0 Å². The van der Waals surface area contributed by atoms with Crippen molar-refractivity contribution in [3.8, 4) is 0 Å². The second-order valence-electron chi connectivity index (χ2n) is 4.56. The molecule has 7 heteroatoms. The zero-order valence-electron chi connectivity index (χ0n) is 11.6. The Morgan fingerprint density at radius 2 is 1.84 bits per heavy atom. The maximum atomic E-state index is 11.4. The third-order valence-electron chi connectivity index (χ3n) is 2.54. The van der Waals surface area contributed by atoms with Gasteiger partial charge in [0.2, 0.25) is 0 Å². The molecular formula is C12H22N2O5. The van der Waals surface area contributed by atoms with Crippen molar-refractivity contribution in [2.45, 2.75) is 39.7 Å². The van der Waals surface area contributed by atoms with E-state index >= 15 is 0 Å². The van der Waals surface area contributed by atoms with Gasteiger partial charge >= 0.3 is 12.0 Å². The summed E-state index contributed by atoms with van der Waals surface area (Å²) < 4.78 is 4.55. The Bertz CT molecular complexity index is 319. The first-order chi connectivity index (χ1) is 8.85. The maximum Gasteiger partial charge on any atom is 0.329 e. The summed E-state index contributed by atoms with van der Waals surface area (Å²) >= 11 is 0. The minimum atomic E-state index is -1.17. The molecule has 0 saturated carbocycles. The van der Waals surface area contributed by atoms with Crippen LogP contribution in [0.4, 0.5) is 4.79 Å². The zero-order chi connectivity index (χ0) is 14.8. The third-order valence-corrected chi connectivity index (χ3v) is 2.54. The van der Waals surface area contributed by atoms with Crippen molar-refractivity contribution in [3.63, 3.8) is 0 Å². The molecule has 3 amide bonds. The topological polar surface area (TPSA) is 105 Å². The zero-order valence-corrected chi connectivity index (χ0v) is 11.6. The first kappa shape index (κ1) is 17.4. The minimum Gasteiger partial charge on any atom is -0.480 e. The van der Waals surface area contributed by atoms with Crippen LogP contribution in [0.3, 0.4) is 0 Å². The highest BCUT2D eigenvalue weighted by atomic mass is 16.5. The summed E-state index contributed by atoms with van der Waals surface area (Å²) in [6, 6.07) is -0.637.